The molecular weight excluding hydrogens is 364 g/mol. The van der Waals surface area contributed by atoms with Crippen molar-refractivity contribution in [2.45, 2.75) is 26.9 Å². The van der Waals surface area contributed by atoms with Crippen molar-refractivity contribution < 1.29 is 8.83 Å². The van der Waals surface area contributed by atoms with Crippen LogP contribution in [0, 0.1) is 13.8 Å². The van der Waals surface area contributed by atoms with Crippen molar-refractivity contribution >= 4 is 29.2 Å². The lowest BCUT2D eigenvalue weighted by Gasteiger charge is -2.13. The first-order chi connectivity index (χ1) is 13.1. The Labute approximate surface area is 162 Å². The van der Waals surface area contributed by atoms with Crippen LogP contribution in [0.1, 0.15) is 22.9 Å². The van der Waals surface area contributed by atoms with Crippen LogP contribution in [0.4, 0.5) is 5.95 Å². The highest BCUT2D eigenvalue weighted by Crippen LogP contribution is 2.05. The molecule has 3 heterocycles. The van der Waals surface area contributed by atoms with Gasteiger partial charge in [0.2, 0.25) is 11.9 Å². The second kappa shape index (κ2) is 8.95. The molecule has 8 nitrogen and oxygen atoms in total. The van der Waals surface area contributed by atoms with Gasteiger partial charge < -0.3 is 19.5 Å². The SMILES string of the molecule is Cc1cc(C)nc(NC(=NCc2ccco2)NC(=S)NCc2ccco2)n1. The third kappa shape index (κ3) is 5.93. The lowest BCUT2D eigenvalue weighted by Crippen LogP contribution is -2.42. The van der Waals surface area contributed by atoms with Crippen LogP contribution in [0.15, 0.2) is 56.7 Å². The van der Waals surface area contributed by atoms with Crippen molar-refractivity contribution in [3.8, 4) is 0 Å². The molecule has 0 aliphatic heterocycles. The molecule has 140 valence electrons. The van der Waals surface area contributed by atoms with Crippen LogP contribution in [-0.2, 0) is 13.1 Å². The third-order valence-corrected chi connectivity index (χ3v) is 3.67. The Hall–Kier alpha value is -3.20. The van der Waals surface area contributed by atoms with Gasteiger partial charge in [-0.25, -0.2) is 15.0 Å². The maximum absolute atomic E-state index is 5.34. The Balaban J connectivity index is 1.68. The number of guanidine groups is 1. The number of rotatable bonds is 5. The number of aryl methyl sites for hydroxylation is 2. The van der Waals surface area contributed by atoms with E-state index in [0.29, 0.717) is 30.1 Å². The molecule has 3 aromatic rings. The predicted molar refractivity (Wildman–Crippen MR) is 106 cm³/mol. The molecule has 3 N–H and O–H groups in total. The van der Waals surface area contributed by atoms with Crippen molar-refractivity contribution in [3.63, 3.8) is 0 Å². The van der Waals surface area contributed by atoms with Gasteiger partial charge in [0.1, 0.15) is 18.1 Å². The Morgan fingerprint density at radius 2 is 1.74 bits per heavy atom. The number of thiocarbonyl (C=S) groups is 1. The van der Waals surface area contributed by atoms with Crippen molar-refractivity contribution in [1.82, 2.24) is 20.6 Å². The van der Waals surface area contributed by atoms with Crippen LogP contribution in [-0.4, -0.2) is 21.0 Å². The predicted octanol–water partition coefficient (Wildman–Crippen LogP) is 2.91. The van der Waals surface area contributed by atoms with E-state index in [1.165, 1.54) is 0 Å². The normalized spacial score (nSPS) is 11.3. The van der Waals surface area contributed by atoms with Gasteiger partial charge in [-0.1, -0.05) is 0 Å². The van der Waals surface area contributed by atoms with Crippen LogP contribution in [0.2, 0.25) is 0 Å². The first-order valence-electron chi connectivity index (χ1n) is 8.32. The van der Waals surface area contributed by atoms with E-state index in [-0.39, 0.29) is 0 Å². The Kier molecular flexibility index (Phi) is 6.16. The average molecular weight is 384 g/mol. The smallest absolute Gasteiger partial charge is 0.229 e. The van der Waals surface area contributed by atoms with Gasteiger partial charge in [-0.2, -0.15) is 0 Å². The fourth-order valence-corrected chi connectivity index (χ4v) is 2.46. The number of nitrogens with one attached hydrogen (secondary N) is 3. The average Bonchev–Trinajstić information content (AvgIpc) is 3.31. The van der Waals surface area contributed by atoms with Gasteiger partial charge in [-0.05, 0) is 56.4 Å². The maximum Gasteiger partial charge on any atom is 0.229 e. The Morgan fingerprint density at radius 3 is 2.37 bits per heavy atom. The van der Waals surface area contributed by atoms with Gasteiger partial charge in [0.05, 0.1) is 19.1 Å². The standard InChI is InChI=1S/C18H20N6O2S/c1-12-9-13(2)22-17(21-12)23-16(19-10-14-5-3-7-25-14)24-18(27)20-11-15-6-4-8-26-15/h3-9H,10-11H2,1-2H3,(H3,19,20,21,22,23,24,27). The van der Waals surface area contributed by atoms with Crippen LogP contribution in [0.25, 0.3) is 0 Å². The quantitative estimate of drug-likeness (QED) is 0.351. The number of aliphatic imine (C=N–C) groups is 1. The molecule has 0 unspecified atom stereocenters. The molecule has 9 heteroatoms. The van der Waals surface area contributed by atoms with Crippen LogP contribution in [0.5, 0.6) is 0 Å². The monoisotopic (exact) mass is 384 g/mol. The number of aromatic nitrogens is 2. The molecule has 0 aliphatic carbocycles. The highest BCUT2D eigenvalue weighted by Gasteiger charge is 2.08. The van der Waals surface area contributed by atoms with Crippen molar-refractivity contribution in [3.05, 3.63) is 65.8 Å². The van der Waals surface area contributed by atoms with E-state index in [1.807, 2.05) is 44.2 Å². The second-order valence-electron chi connectivity index (χ2n) is 5.73. The number of furan rings is 2. The summed E-state index contributed by atoms with van der Waals surface area (Å²) in [7, 11) is 0. The van der Waals surface area contributed by atoms with Gasteiger partial charge in [-0.15, -0.1) is 0 Å². The van der Waals surface area contributed by atoms with Crippen LogP contribution < -0.4 is 16.0 Å². The number of hydrogen-bond acceptors (Lipinski definition) is 6. The fourth-order valence-electron chi connectivity index (χ4n) is 2.29. The molecule has 0 fully saturated rings. The summed E-state index contributed by atoms with van der Waals surface area (Å²) in [4.78, 5) is 13.2. The molecule has 0 saturated heterocycles. The zero-order valence-electron chi connectivity index (χ0n) is 15.0. The maximum atomic E-state index is 5.34. The van der Waals surface area contributed by atoms with E-state index >= 15 is 0 Å². The van der Waals surface area contributed by atoms with Crippen LogP contribution in [0.3, 0.4) is 0 Å². The van der Waals surface area contributed by atoms with E-state index in [4.69, 9.17) is 21.1 Å². The summed E-state index contributed by atoms with van der Waals surface area (Å²) >= 11 is 5.34. The molecule has 0 bridgehead atoms. The second-order valence-corrected chi connectivity index (χ2v) is 6.14. The Morgan fingerprint density at radius 1 is 1.07 bits per heavy atom. The molecule has 0 amide bonds. The van der Waals surface area contributed by atoms with Crippen LogP contribution >= 0.6 is 12.2 Å². The molecule has 0 radical (unpaired) electrons. The fraction of sp³-hybridized carbons (Fsp3) is 0.222. The largest absolute Gasteiger partial charge is 0.467 e. The number of hydrogen-bond donors (Lipinski definition) is 3. The molecule has 27 heavy (non-hydrogen) atoms. The van der Waals surface area contributed by atoms with Gasteiger partial charge in [-0.3, -0.25) is 5.32 Å². The summed E-state index contributed by atoms with van der Waals surface area (Å²) < 4.78 is 10.6. The minimum atomic E-state index is 0.341. The summed E-state index contributed by atoms with van der Waals surface area (Å²) in [6.07, 6.45) is 3.22. The number of anilines is 1. The highest BCUT2D eigenvalue weighted by molar-refractivity contribution is 7.80. The highest BCUT2D eigenvalue weighted by atomic mass is 32.1. The van der Waals surface area contributed by atoms with Gasteiger partial charge in [0, 0.05) is 11.4 Å². The lowest BCUT2D eigenvalue weighted by molar-refractivity contribution is 0.503. The lowest BCUT2D eigenvalue weighted by atomic mass is 10.4. The van der Waals surface area contributed by atoms with E-state index in [1.54, 1.807) is 12.5 Å². The molecule has 3 rings (SSSR count). The van der Waals surface area contributed by atoms with E-state index in [0.717, 1.165) is 22.9 Å². The number of nitrogens with zero attached hydrogens (tertiary/aromatic N) is 3. The molecular formula is C18H20N6O2S. The summed E-state index contributed by atoms with van der Waals surface area (Å²) in [6.45, 7) is 4.61. The summed E-state index contributed by atoms with van der Waals surface area (Å²) in [5, 5.41) is 9.55. The van der Waals surface area contributed by atoms with E-state index in [2.05, 4.69) is 30.9 Å². The first kappa shape index (κ1) is 18.6. The Bertz CT molecular complexity index is 886. The van der Waals surface area contributed by atoms with Crippen molar-refractivity contribution in [1.29, 1.82) is 0 Å². The van der Waals surface area contributed by atoms with E-state index in [9.17, 15) is 0 Å². The summed E-state index contributed by atoms with van der Waals surface area (Å²) in [5.41, 5.74) is 1.71. The van der Waals surface area contributed by atoms with Gasteiger partial charge in [0.15, 0.2) is 5.11 Å². The summed E-state index contributed by atoms with van der Waals surface area (Å²) in [6, 6.07) is 9.25. The summed E-state index contributed by atoms with van der Waals surface area (Å²) in [5.74, 6) is 2.35. The van der Waals surface area contributed by atoms with Crippen molar-refractivity contribution in [2.24, 2.45) is 4.99 Å². The minimum absolute atomic E-state index is 0.341. The molecule has 0 atom stereocenters. The molecule has 0 aromatic carbocycles. The molecule has 3 aromatic heterocycles. The molecule has 0 saturated carbocycles. The first-order valence-corrected chi connectivity index (χ1v) is 8.72. The van der Waals surface area contributed by atoms with E-state index < -0.39 is 0 Å². The zero-order chi connectivity index (χ0) is 19.1. The molecule has 0 aliphatic rings. The zero-order valence-corrected chi connectivity index (χ0v) is 15.8. The van der Waals surface area contributed by atoms with Gasteiger partial charge in [0.25, 0.3) is 0 Å². The van der Waals surface area contributed by atoms with Crippen molar-refractivity contribution in [2.75, 3.05) is 5.32 Å². The minimum Gasteiger partial charge on any atom is -0.467 e. The topological polar surface area (TPSA) is 101 Å². The molecule has 0 spiro atoms. The third-order valence-electron chi connectivity index (χ3n) is 3.42. The van der Waals surface area contributed by atoms with Gasteiger partial charge >= 0.3 is 0 Å².